The average molecular weight is 439 g/mol. The van der Waals surface area contributed by atoms with Crippen molar-refractivity contribution in [1.29, 1.82) is 0 Å². The topological polar surface area (TPSA) is 84.5 Å². The number of hydrogen-bond donors (Lipinski definition) is 2. The van der Waals surface area contributed by atoms with Gasteiger partial charge in [0.05, 0.1) is 4.90 Å². The molecule has 1 amide bonds. The fraction of sp³-hybridized carbons (Fsp3) is 0.208. The zero-order valence-corrected chi connectivity index (χ0v) is 18.8. The fourth-order valence-corrected chi connectivity index (χ4v) is 4.31. The highest BCUT2D eigenvalue weighted by Gasteiger charge is 2.15. The van der Waals surface area contributed by atoms with Crippen molar-refractivity contribution in [3.63, 3.8) is 0 Å². The SMILES string of the molecule is Cc1cc(C)cc(NS(=O)(=O)c2ccc(NC(=O)COc3ccc(C)cc3C)cc2)c1. The van der Waals surface area contributed by atoms with Crippen LogP contribution in [0.5, 0.6) is 5.75 Å². The lowest BCUT2D eigenvalue weighted by atomic mass is 10.1. The van der Waals surface area contributed by atoms with Crippen LogP contribution in [0.25, 0.3) is 0 Å². The number of nitrogens with one attached hydrogen (secondary N) is 2. The van der Waals surface area contributed by atoms with E-state index in [-0.39, 0.29) is 17.4 Å². The number of carbonyl (C=O) groups excluding carboxylic acids is 1. The maximum Gasteiger partial charge on any atom is 0.262 e. The van der Waals surface area contributed by atoms with Crippen LogP contribution in [0.15, 0.2) is 65.6 Å². The Bertz CT molecular complexity index is 1180. The van der Waals surface area contributed by atoms with E-state index in [1.54, 1.807) is 24.3 Å². The van der Waals surface area contributed by atoms with Crippen molar-refractivity contribution in [2.75, 3.05) is 16.6 Å². The van der Waals surface area contributed by atoms with Crippen LogP contribution in [0.4, 0.5) is 11.4 Å². The Morgan fingerprint density at radius 2 is 1.45 bits per heavy atom. The van der Waals surface area contributed by atoms with Gasteiger partial charge in [-0.3, -0.25) is 9.52 Å². The van der Waals surface area contributed by atoms with Crippen LogP contribution in [0.1, 0.15) is 22.3 Å². The standard InChI is InChI=1S/C24H26N2O4S/c1-16-5-10-23(19(4)12-16)30-15-24(27)25-20-6-8-22(9-7-20)31(28,29)26-21-13-17(2)11-18(3)14-21/h5-14,26H,15H2,1-4H3,(H,25,27). The molecule has 2 N–H and O–H groups in total. The van der Waals surface area contributed by atoms with Crippen LogP contribution in [0, 0.1) is 27.7 Å². The van der Waals surface area contributed by atoms with Gasteiger partial charge in [0.15, 0.2) is 6.61 Å². The Morgan fingerprint density at radius 1 is 0.806 bits per heavy atom. The van der Waals surface area contributed by atoms with Gasteiger partial charge in [0, 0.05) is 11.4 Å². The van der Waals surface area contributed by atoms with Crippen molar-refractivity contribution in [3.8, 4) is 5.75 Å². The van der Waals surface area contributed by atoms with E-state index in [4.69, 9.17) is 4.74 Å². The molecular weight excluding hydrogens is 412 g/mol. The van der Waals surface area contributed by atoms with E-state index >= 15 is 0 Å². The summed E-state index contributed by atoms with van der Waals surface area (Å²) in [5.41, 5.74) is 5.02. The number of ether oxygens (including phenoxy) is 1. The van der Waals surface area contributed by atoms with Crippen molar-refractivity contribution in [2.45, 2.75) is 32.6 Å². The van der Waals surface area contributed by atoms with Crippen LogP contribution < -0.4 is 14.8 Å². The normalized spacial score (nSPS) is 11.1. The Labute approximate surface area is 183 Å². The van der Waals surface area contributed by atoms with Crippen LogP contribution in [0.2, 0.25) is 0 Å². The van der Waals surface area contributed by atoms with Gasteiger partial charge in [-0.1, -0.05) is 23.8 Å². The zero-order chi connectivity index (χ0) is 22.6. The molecule has 0 bridgehead atoms. The van der Waals surface area contributed by atoms with E-state index in [0.717, 1.165) is 22.3 Å². The predicted molar refractivity (Wildman–Crippen MR) is 123 cm³/mol. The molecule has 7 heteroatoms. The van der Waals surface area contributed by atoms with E-state index in [9.17, 15) is 13.2 Å². The lowest BCUT2D eigenvalue weighted by Gasteiger charge is -2.12. The van der Waals surface area contributed by atoms with Gasteiger partial charge < -0.3 is 10.1 Å². The summed E-state index contributed by atoms with van der Waals surface area (Å²) in [6.45, 7) is 7.59. The molecule has 31 heavy (non-hydrogen) atoms. The number of amides is 1. The molecule has 0 unspecified atom stereocenters. The van der Waals surface area contributed by atoms with Crippen LogP contribution >= 0.6 is 0 Å². The molecule has 3 rings (SSSR count). The number of carbonyl (C=O) groups is 1. The Kier molecular flexibility index (Phi) is 6.65. The minimum absolute atomic E-state index is 0.108. The third-order valence-corrected chi connectivity index (χ3v) is 6.01. The maximum atomic E-state index is 12.7. The summed E-state index contributed by atoms with van der Waals surface area (Å²) in [6, 6.07) is 17.3. The number of aryl methyl sites for hydroxylation is 4. The van der Waals surface area contributed by atoms with Gasteiger partial charge in [-0.25, -0.2) is 8.42 Å². The quantitative estimate of drug-likeness (QED) is 0.558. The molecule has 0 saturated carbocycles. The molecule has 0 atom stereocenters. The Balaban J connectivity index is 1.61. The molecular formula is C24H26N2O4S. The van der Waals surface area contributed by atoms with E-state index in [1.807, 2.05) is 52.0 Å². The molecule has 0 aliphatic heterocycles. The molecule has 0 radical (unpaired) electrons. The number of hydrogen-bond acceptors (Lipinski definition) is 4. The minimum Gasteiger partial charge on any atom is -0.483 e. The van der Waals surface area contributed by atoms with E-state index in [1.165, 1.54) is 12.1 Å². The Hall–Kier alpha value is -3.32. The summed E-state index contributed by atoms with van der Waals surface area (Å²) < 4.78 is 33.5. The molecule has 0 aliphatic rings. The second-order valence-corrected chi connectivity index (χ2v) is 9.29. The van der Waals surface area contributed by atoms with E-state index < -0.39 is 10.0 Å². The maximum absolute atomic E-state index is 12.7. The molecule has 3 aromatic rings. The number of anilines is 2. The molecule has 0 aliphatic carbocycles. The molecule has 0 aromatic heterocycles. The molecule has 0 spiro atoms. The average Bonchev–Trinajstić information content (AvgIpc) is 2.66. The highest BCUT2D eigenvalue weighted by Crippen LogP contribution is 2.21. The smallest absolute Gasteiger partial charge is 0.262 e. The van der Waals surface area contributed by atoms with Crippen LogP contribution in [-0.2, 0) is 14.8 Å². The van der Waals surface area contributed by atoms with Gasteiger partial charge in [0.25, 0.3) is 15.9 Å². The third-order valence-electron chi connectivity index (χ3n) is 4.61. The summed E-state index contributed by atoms with van der Waals surface area (Å²) in [6.07, 6.45) is 0. The van der Waals surface area contributed by atoms with Gasteiger partial charge in [-0.2, -0.15) is 0 Å². The third kappa shape index (κ3) is 6.08. The molecule has 6 nitrogen and oxygen atoms in total. The van der Waals surface area contributed by atoms with Crippen molar-refractivity contribution < 1.29 is 17.9 Å². The number of rotatable bonds is 7. The molecule has 0 saturated heterocycles. The highest BCUT2D eigenvalue weighted by molar-refractivity contribution is 7.92. The second-order valence-electron chi connectivity index (χ2n) is 7.61. The second kappa shape index (κ2) is 9.22. The largest absolute Gasteiger partial charge is 0.483 e. The summed E-state index contributed by atoms with van der Waals surface area (Å²) >= 11 is 0. The van der Waals surface area contributed by atoms with Gasteiger partial charge >= 0.3 is 0 Å². The highest BCUT2D eigenvalue weighted by atomic mass is 32.2. The van der Waals surface area contributed by atoms with Gasteiger partial charge in [0.2, 0.25) is 0 Å². The monoisotopic (exact) mass is 438 g/mol. The Morgan fingerprint density at radius 3 is 2.06 bits per heavy atom. The molecule has 0 fully saturated rings. The van der Waals surface area contributed by atoms with Crippen molar-refractivity contribution >= 4 is 27.3 Å². The zero-order valence-electron chi connectivity index (χ0n) is 18.0. The first kappa shape index (κ1) is 22.4. The van der Waals surface area contributed by atoms with Crippen LogP contribution in [-0.4, -0.2) is 20.9 Å². The van der Waals surface area contributed by atoms with Crippen LogP contribution in [0.3, 0.4) is 0 Å². The van der Waals surface area contributed by atoms with Crippen molar-refractivity contribution in [1.82, 2.24) is 0 Å². The lowest BCUT2D eigenvalue weighted by molar-refractivity contribution is -0.118. The van der Waals surface area contributed by atoms with Gasteiger partial charge in [-0.15, -0.1) is 0 Å². The summed E-state index contributed by atoms with van der Waals surface area (Å²) in [5.74, 6) is 0.323. The minimum atomic E-state index is -3.73. The fourth-order valence-electron chi connectivity index (χ4n) is 3.27. The van der Waals surface area contributed by atoms with E-state index in [2.05, 4.69) is 10.0 Å². The number of sulfonamides is 1. The lowest BCUT2D eigenvalue weighted by Crippen LogP contribution is -2.20. The first-order valence-corrected chi connectivity index (χ1v) is 11.3. The summed E-state index contributed by atoms with van der Waals surface area (Å²) in [5, 5.41) is 2.71. The molecule has 0 heterocycles. The van der Waals surface area contributed by atoms with Gasteiger partial charge in [-0.05, 0) is 86.8 Å². The van der Waals surface area contributed by atoms with Gasteiger partial charge in [0.1, 0.15) is 5.75 Å². The predicted octanol–water partition coefficient (Wildman–Crippen LogP) is 4.74. The first-order valence-electron chi connectivity index (χ1n) is 9.83. The van der Waals surface area contributed by atoms with E-state index in [0.29, 0.717) is 17.1 Å². The molecule has 162 valence electrons. The number of benzene rings is 3. The van der Waals surface area contributed by atoms with Crippen molar-refractivity contribution in [2.24, 2.45) is 0 Å². The molecule has 3 aromatic carbocycles. The summed E-state index contributed by atoms with van der Waals surface area (Å²) in [7, 11) is -3.73. The first-order chi connectivity index (χ1) is 14.6. The van der Waals surface area contributed by atoms with Crippen molar-refractivity contribution in [3.05, 3.63) is 82.9 Å². The summed E-state index contributed by atoms with van der Waals surface area (Å²) in [4.78, 5) is 12.3.